The molecular weight excluding hydrogens is 321 g/mol. The maximum absolute atomic E-state index is 12.0. The maximum Gasteiger partial charge on any atom is 0.224 e. The SMILES string of the molecule is CC(N)CC(=O)N(C)Cc1ccccc1N1CCCC1.Cl.Cl. The molecule has 126 valence electrons. The van der Waals surface area contributed by atoms with Gasteiger partial charge in [0.05, 0.1) is 0 Å². The molecule has 6 heteroatoms. The summed E-state index contributed by atoms with van der Waals surface area (Å²) in [5, 5.41) is 0. The van der Waals surface area contributed by atoms with Crippen LogP contribution < -0.4 is 10.6 Å². The van der Waals surface area contributed by atoms with Gasteiger partial charge >= 0.3 is 0 Å². The van der Waals surface area contributed by atoms with Crippen LogP contribution in [0.3, 0.4) is 0 Å². The summed E-state index contributed by atoms with van der Waals surface area (Å²) in [4.78, 5) is 16.2. The molecule has 0 bridgehead atoms. The summed E-state index contributed by atoms with van der Waals surface area (Å²) < 4.78 is 0. The van der Waals surface area contributed by atoms with Crippen molar-refractivity contribution in [1.29, 1.82) is 0 Å². The number of halogens is 2. The Morgan fingerprint density at radius 1 is 1.27 bits per heavy atom. The molecule has 1 saturated heterocycles. The monoisotopic (exact) mass is 347 g/mol. The molecule has 0 spiro atoms. The van der Waals surface area contributed by atoms with E-state index in [1.54, 1.807) is 4.90 Å². The molecule has 22 heavy (non-hydrogen) atoms. The zero-order valence-electron chi connectivity index (χ0n) is 13.3. The van der Waals surface area contributed by atoms with Gasteiger partial charge in [-0.3, -0.25) is 4.79 Å². The van der Waals surface area contributed by atoms with Crippen molar-refractivity contribution in [3.05, 3.63) is 29.8 Å². The van der Waals surface area contributed by atoms with E-state index in [9.17, 15) is 4.79 Å². The molecule has 0 aliphatic carbocycles. The van der Waals surface area contributed by atoms with Crippen LogP contribution in [-0.2, 0) is 11.3 Å². The molecule has 1 aromatic rings. The fourth-order valence-corrected chi connectivity index (χ4v) is 2.69. The van der Waals surface area contributed by atoms with E-state index in [2.05, 4.69) is 23.1 Å². The Bertz CT molecular complexity index is 462. The highest BCUT2D eigenvalue weighted by atomic mass is 35.5. The van der Waals surface area contributed by atoms with Gasteiger partial charge in [0.2, 0.25) is 5.91 Å². The van der Waals surface area contributed by atoms with Gasteiger partial charge in [0.25, 0.3) is 0 Å². The van der Waals surface area contributed by atoms with E-state index in [1.165, 1.54) is 24.1 Å². The zero-order valence-corrected chi connectivity index (χ0v) is 15.0. The second-order valence-electron chi connectivity index (χ2n) is 5.75. The highest BCUT2D eigenvalue weighted by molar-refractivity contribution is 5.85. The first kappa shape index (κ1) is 21.0. The Balaban J connectivity index is 0.00000220. The average Bonchev–Trinajstić information content (AvgIpc) is 2.92. The molecule has 1 unspecified atom stereocenters. The number of benzene rings is 1. The van der Waals surface area contributed by atoms with Crippen molar-refractivity contribution < 1.29 is 4.79 Å². The smallest absolute Gasteiger partial charge is 0.224 e. The lowest BCUT2D eigenvalue weighted by atomic mass is 10.1. The Morgan fingerprint density at radius 3 is 2.45 bits per heavy atom. The van der Waals surface area contributed by atoms with Gasteiger partial charge in [-0.05, 0) is 31.4 Å². The Hall–Kier alpha value is -0.970. The quantitative estimate of drug-likeness (QED) is 0.890. The first-order valence-electron chi connectivity index (χ1n) is 7.40. The van der Waals surface area contributed by atoms with Gasteiger partial charge in [-0.25, -0.2) is 0 Å². The second kappa shape index (κ2) is 9.93. The number of nitrogens with two attached hydrogens (primary N) is 1. The Labute approximate surface area is 145 Å². The van der Waals surface area contributed by atoms with Gasteiger partial charge in [0.15, 0.2) is 0 Å². The van der Waals surface area contributed by atoms with Gasteiger partial charge in [0, 0.05) is 44.8 Å². The third-order valence-corrected chi connectivity index (χ3v) is 3.77. The van der Waals surface area contributed by atoms with Crippen molar-refractivity contribution in [1.82, 2.24) is 4.90 Å². The number of amides is 1. The van der Waals surface area contributed by atoms with Gasteiger partial charge in [-0.2, -0.15) is 0 Å². The van der Waals surface area contributed by atoms with E-state index < -0.39 is 0 Å². The van der Waals surface area contributed by atoms with Gasteiger partial charge in [0.1, 0.15) is 0 Å². The molecule has 1 heterocycles. The second-order valence-corrected chi connectivity index (χ2v) is 5.75. The zero-order chi connectivity index (χ0) is 14.5. The number of carbonyl (C=O) groups is 1. The lowest BCUT2D eigenvalue weighted by Gasteiger charge is -2.25. The minimum absolute atomic E-state index is 0. The van der Waals surface area contributed by atoms with Gasteiger partial charge < -0.3 is 15.5 Å². The normalized spacial score (nSPS) is 14.8. The van der Waals surface area contributed by atoms with Crippen LogP contribution in [0, 0.1) is 0 Å². The molecule has 0 saturated carbocycles. The number of hydrogen-bond acceptors (Lipinski definition) is 3. The van der Waals surface area contributed by atoms with Crippen molar-refractivity contribution in [2.24, 2.45) is 5.73 Å². The van der Waals surface area contributed by atoms with Crippen molar-refractivity contribution >= 4 is 36.4 Å². The van der Waals surface area contributed by atoms with E-state index >= 15 is 0 Å². The van der Waals surface area contributed by atoms with Crippen LogP contribution in [0.25, 0.3) is 0 Å². The summed E-state index contributed by atoms with van der Waals surface area (Å²) in [6.45, 7) is 4.76. The number of para-hydroxylation sites is 1. The number of nitrogens with zero attached hydrogens (tertiary/aromatic N) is 2. The average molecular weight is 348 g/mol. The molecule has 0 radical (unpaired) electrons. The molecule has 1 atom stereocenters. The fourth-order valence-electron chi connectivity index (χ4n) is 2.69. The fraction of sp³-hybridized carbons (Fsp3) is 0.562. The molecule has 1 aliphatic rings. The van der Waals surface area contributed by atoms with Crippen LogP contribution in [0.2, 0.25) is 0 Å². The molecule has 0 aromatic heterocycles. The number of rotatable bonds is 5. The lowest BCUT2D eigenvalue weighted by molar-refractivity contribution is -0.130. The molecule has 4 nitrogen and oxygen atoms in total. The first-order chi connectivity index (χ1) is 9.58. The van der Waals surface area contributed by atoms with Crippen molar-refractivity contribution in [2.45, 2.75) is 38.8 Å². The van der Waals surface area contributed by atoms with Crippen LogP contribution in [0.15, 0.2) is 24.3 Å². The van der Waals surface area contributed by atoms with Crippen LogP contribution >= 0.6 is 24.8 Å². The Kier molecular flexibility index (Phi) is 9.49. The lowest BCUT2D eigenvalue weighted by Crippen LogP contribution is -2.32. The largest absolute Gasteiger partial charge is 0.371 e. The minimum atomic E-state index is -0.0845. The highest BCUT2D eigenvalue weighted by Crippen LogP contribution is 2.25. The highest BCUT2D eigenvalue weighted by Gasteiger charge is 2.17. The number of carbonyl (C=O) groups excluding carboxylic acids is 1. The van der Waals surface area contributed by atoms with E-state index in [0.29, 0.717) is 13.0 Å². The van der Waals surface area contributed by atoms with E-state index in [-0.39, 0.29) is 36.8 Å². The third kappa shape index (κ3) is 5.67. The predicted molar refractivity (Wildman–Crippen MR) is 97.1 cm³/mol. The summed E-state index contributed by atoms with van der Waals surface area (Å²) in [5.74, 6) is 0.108. The number of anilines is 1. The van der Waals surface area contributed by atoms with E-state index in [0.717, 1.165) is 13.1 Å². The summed E-state index contributed by atoms with van der Waals surface area (Å²) in [7, 11) is 1.85. The maximum atomic E-state index is 12.0. The summed E-state index contributed by atoms with van der Waals surface area (Å²) >= 11 is 0. The van der Waals surface area contributed by atoms with Crippen LogP contribution in [0.1, 0.15) is 31.7 Å². The molecular formula is C16H27Cl2N3O. The summed E-state index contributed by atoms with van der Waals surface area (Å²) in [6, 6.07) is 8.30. The molecule has 1 fully saturated rings. The molecule has 2 rings (SSSR count). The summed E-state index contributed by atoms with van der Waals surface area (Å²) in [5.41, 5.74) is 8.18. The topological polar surface area (TPSA) is 49.6 Å². The molecule has 1 aliphatic heterocycles. The van der Waals surface area contributed by atoms with Crippen molar-refractivity contribution in [3.8, 4) is 0 Å². The molecule has 2 N–H and O–H groups in total. The molecule has 1 aromatic carbocycles. The van der Waals surface area contributed by atoms with Gasteiger partial charge in [-0.15, -0.1) is 24.8 Å². The first-order valence-corrected chi connectivity index (χ1v) is 7.40. The predicted octanol–water partition coefficient (Wildman–Crippen LogP) is 2.83. The van der Waals surface area contributed by atoms with Crippen LogP contribution in [-0.4, -0.2) is 37.0 Å². The molecule has 1 amide bonds. The minimum Gasteiger partial charge on any atom is -0.371 e. The van der Waals surface area contributed by atoms with Crippen molar-refractivity contribution in [3.63, 3.8) is 0 Å². The van der Waals surface area contributed by atoms with Crippen molar-refractivity contribution in [2.75, 3.05) is 25.0 Å². The van der Waals surface area contributed by atoms with E-state index in [4.69, 9.17) is 5.73 Å². The number of hydrogen-bond donors (Lipinski definition) is 1. The van der Waals surface area contributed by atoms with Gasteiger partial charge in [-0.1, -0.05) is 18.2 Å². The third-order valence-electron chi connectivity index (χ3n) is 3.77. The van der Waals surface area contributed by atoms with Crippen LogP contribution in [0.4, 0.5) is 5.69 Å². The van der Waals surface area contributed by atoms with Crippen LogP contribution in [0.5, 0.6) is 0 Å². The summed E-state index contributed by atoms with van der Waals surface area (Å²) in [6.07, 6.45) is 2.92. The Morgan fingerprint density at radius 2 is 1.86 bits per heavy atom. The standard InChI is InChI=1S/C16H25N3O.2ClH/c1-13(17)11-16(20)18(2)12-14-7-3-4-8-15(14)19-9-5-6-10-19;;/h3-4,7-8,13H,5-6,9-12,17H2,1-2H3;2*1H. The van der Waals surface area contributed by atoms with E-state index in [1.807, 2.05) is 20.0 Å².